The lowest BCUT2D eigenvalue weighted by molar-refractivity contribution is -0.204. The van der Waals surface area contributed by atoms with Crippen LogP contribution in [-0.4, -0.2) is 33.2 Å². The van der Waals surface area contributed by atoms with Crippen LogP contribution in [0.1, 0.15) is 36.8 Å². The summed E-state index contributed by atoms with van der Waals surface area (Å²) in [6.07, 6.45) is 1.97. The van der Waals surface area contributed by atoms with Gasteiger partial charge in [-0.3, -0.25) is 9.13 Å². The normalized spacial score (nSPS) is 19.6. The van der Waals surface area contributed by atoms with Crippen LogP contribution in [0.3, 0.4) is 0 Å². The molecular formula is C24H27FN2O5. The molecule has 32 heavy (non-hydrogen) atoms. The zero-order valence-electron chi connectivity index (χ0n) is 18.3. The predicted molar refractivity (Wildman–Crippen MR) is 116 cm³/mol. The number of ether oxygens (including phenoxy) is 3. The molecule has 5 rings (SSSR count). The van der Waals surface area contributed by atoms with Crippen molar-refractivity contribution in [3.63, 3.8) is 0 Å². The van der Waals surface area contributed by atoms with Crippen LogP contribution in [0.2, 0.25) is 0 Å². The third kappa shape index (κ3) is 3.62. The van der Waals surface area contributed by atoms with Gasteiger partial charge in [0.15, 0.2) is 5.79 Å². The van der Waals surface area contributed by atoms with Crippen molar-refractivity contribution in [2.45, 2.75) is 43.7 Å². The number of halogens is 1. The minimum absolute atomic E-state index is 0.0937. The van der Waals surface area contributed by atoms with E-state index in [-0.39, 0.29) is 12.3 Å². The molecule has 0 radical (unpaired) electrons. The molecule has 2 fully saturated rings. The summed E-state index contributed by atoms with van der Waals surface area (Å²) in [5.74, 6) is -0.709. The number of fused-ring (bicyclic) bond motifs is 1. The Bertz CT molecular complexity index is 1220. The molecule has 2 aliphatic rings. The fourth-order valence-electron chi connectivity index (χ4n) is 4.84. The molecule has 0 bridgehead atoms. The van der Waals surface area contributed by atoms with Crippen LogP contribution in [0.5, 0.6) is 5.75 Å². The molecule has 7 nitrogen and oxygen atoms in total. The molecule has 0 amide bonds. The van der Waals surface area contributed by atoms with Crippen molar-refractivity contribution in [1.29, 1.82) is 0 Å². The van der Waals surface area contributed by atoms with E-state index in [2.05, 4.69) is 0 Å². The summed E-state index contributed by atoms with van der Waals surface area (Å²) in [7, 11) is 3.46. The van der Waals surface area contributed by atoms with Gasteiger partial charge in [-0.15, -0.1) is 0 Å². The van der Waals surface area contributed by atoms with E-state index in [0.717, 1.165) is 16.6 Å². The highest BCUT2D eigenvalue weighted by Crippen LogP contribution is 2.45. The van der Waals surface area contributed by atoms with Gasteiger partial charge in [0.05, 0.1) is 29.8 Å². The quantitative estimate of drug-likeness (QED) is 0.672. The molecule has 0 atom stereocenters. The Balaban J connectivity index is 1.34. The first-order valence-electron chi connectivity index (χ1n) is 10.9. The van der Waals surface area contributed by atoms with E-state index < -0.39 is 17.2 Å². The molecule has 8 heteroatoms. The van der Waals surface area contributed by atoms with Crippen LogP contribution >= 0.6 is 0 Å². The number of benzene rings is 2. The van der Waals surface area contributed by atoms with Crippen LogP contribution in [0.25, 0.3) is 11.0 Å². The van der Waals surface area contributed by atoms with Crippen molar-refractivity contribution < 1.29 is 23.7 Å². The van der Waals surface area contributed by atoms with Crippen LogP contribution in [0, 0.1) is 5.82 Å². The number of rotatable bonds is 4. The van der Waals surface area contributed by atoms with E-state index in [4.69, 9.17) is 14.2 Å². The number of hydrogen-bond donors (Lipinski definition) is 1. The number of hydrogen-bond acceptors (Lipinski definition) is 5. The first-order valence-corrected chi connectivity index (χ1v) is 10.9. The van der Waals surface area contributed by atoms with Crippen molar-refractivity contribution in [3.8, 4) is 5.75 Å². The first-order chi connectivity index (χ1) is 15.3. The van der Waals surface area contributed by atoms with Gasteiger partial charge in [-0.2, -0.15) is 0 Å². The number of nitrogens with zero attached hydrogens (tertiary/aromatic N) is 2. The molecule has 1 aromatic heterocycles. The Morgan fingerprint density at radius 1 is 1.00 bits per heavy atom. The van der Waals surface area contributed by atoms with Gasteiger partial charge in [0.2, 0.25) is 0 Å². The van der Waals surface area contributed by atoms with Crippen molar-refractivity contribution in [2.75, 3.05) is 13.2 Å². The Morgan fingerprint density at radius 2 is 1.69 bits per heavy atom. The second kappa shape index (κ2) is 7.72. The van der Waals surface area contributed by atoms with Crippen LogP contribution in [0.4, 0.5) is 4.39 Å². The lowest BCUT2D eigenvalue weighted by atomic mass is 9.77. The average molecular weight is 442 g/mol. The molecule has 2 heterocycles. The molecule has 0 unspecified atom stereocenters. The topological polar surface area (TPSA) is 74.9 Å². The van der Waals surface area contributed by atoms with Crippen LogP contribution < -0.4 is 10.4 Å². The summed E-state index contributed by atoms with van der Waals surface area (Å²) in [6, 6.07) is 10.0. The summed E-state index contributed by atoms with van der Waals surface area (Å²) >= 11 is 0. The molecule has 1 saturated carbocycles. The Morgan fingerprint density at radius 3 is 2.41 bits per heavy atom. The molecule has 170 valence electrons. The van der Waals surface area contributed by atoms with E-state index in [1.54, 1.807) is 29.3 Å². The average Bonchev–Trinajstić information content (AvgIpc) is 3.34. The summed E-state index contributed by atoms with van der Waals surface area (Å²) in [4.78, 5) is 12.1. The molecule has 1 N–H and O–H groups in total. The maximum absolute atomic E-state index is 14.4. The molecule has 1 aliphatic heterocycles. The van der Waals surface area contributed by atoms with E-state index in [1.165, 1.54) is 12.1 Å². The number of aliphatic hydroxyl groups is 1. The fourth-order valence-corrected chi connectivity index (χ4v) is 4.84. The van der Waals surface area contributed by atoms with Crippen LogP contribution in [-0.2, 0) is 35.8 Å². The third-order valence-electron chi connectivity index (χ3n) is 6.80. The van der Waals surface area contributed by atoms with Crippen molar-refractivity contribution >= 4 is 11.0 Å². The van der Waals surface area contributed by atoms with E-state index in [9.17, 15) is 14.3 Å². The monoisotopic (exact) mass is 442 g/mol. The highest BCUT2D eigenvalue weighted by atomic mass is 19.1. The highest BCUT2D eigenvalue weighted by Gasteiger charge is 2.46. The van der Waals surface area contributed by atoms with Gasteiger partial charge in [0.1, 0.15) is 18.2 Å². The lowest BCUT2D eigenvalue weighted by Crippen LogP contribution is -2.42. The second-order valence-electron chi connectivity index (χ2n) is 8.83. The maximum Gasteiger partial charge on any atom is 0.328 e. The fraction of sp³-hybridized carbons (Fsp3) is 0.458. The van der Waals surface area contributed by atoms with Gasteiger partial charge >= 0.3 is 5.69 Å². The predicted octanol–water partition coefficient (Wildman–Crippen LogP) is 3.10. The third-order valence-corrected chi connectivity index (χ3v) is 6.80. The van der Waals surface area contributed by atoms with E-state index in [1.807, 2.05) is 18.2 Å². The largest absolute Gasteiger partial charge is 0.489 e. The van der Waals surface area contributed by atoms with Gasteiger partial charge in [0, 0.05) is 33.0 Å². The SMILES string of the molecule is Cn1c(=O)n(C)c2cc(COc3cc(F)cc(C4(O)CCC5(CC4)OCCO5)c3)ccc21. The highest BCUT2D eigenvalue weighted by molar-refractivity contribution is 5.76. The minimum Gasteiger partial charge on any atom is -0.489 e. The Labute approximate surface area is 184 Å². The summed E-state index contributed by atoms with van der Waals surface area (Å²) < 4.78 is 34.9. The molecule has 1 aliphatic carbocycles. The number of imidazole rings is 1. The molecule has 1 saturated heterocycles. The van der Waals surface area contributed by atoms with E-state index >= 15 is 0 Å². The Kier molecular flexibility index (Phi) is 5.11. The number of aromatic nitrogens is 2. The molecular weight excluding hydrogens is 415 g/mol. The zero-order valence-corrected chi connectivity index (χ0v) is 18.3. The second-order valence-corrected chi connectivity index (χ2v) is 8.83. The smallest absolute Gasteiger partial charge is 0.328 e. The van der Waals surface area contributed by atoms with Crippen molar-refractivity contribution in [3.05, 3.63) is 63.8 Å². The van der Waals surface area contributed by atoms with Crippen molar-refractivity contribution in [2.24, 2.45) is 14.1 Å². The van der Waals surface area contributed by atoms with Gasteiger partial charge in [0.25, 0.3) is 0 Å². The zero-order chi connectivity index (χ0) is 22.5. The molecule has 3 aromatic rings. The Hall–Kier alpha value is -2.68. The standard InChI is InChI=1S/C24H27FN2O5/c1-26-20-4-3-16(11-21(20)27(2)22(26)28)15-30-19-13-17(12-18(25)14-19)23(29)5-7-24(8-6-23)31-9-10-32-24/h3-4,11-14,29H,5-10,15H2,1-2H3. The maximum atomic E-state index is 14.4. The lowest BCUT2D eigenvalue weighted by Gasteiger charge is -2.40. The summed E-state index contributed by atoms with van der Waals surface area (Å²) in [5.41, 5.74) is 1.76. The van der Waals surface area contributed by atoms with E-state index in [0.29, 0.717) is 50.2 Å². The van der Waals surface area contributed by atoms with Crippen molar-refractivity contribution in [1.82, 2.24) is 9.13 Å². The van der Waals surface area contributed by atoms with Gasteiger partial charge in [-0.05, 0) is 48.2 Å². The number of aryl methyl sites for hydroxylation is 2. The summed E-state index contributed by atoms with van der Waals surface area (Å²) in [5, 5.41) is 11.2. The van der Waals surface area contributed by atoms with Gasteiger partial charge < -0.3 is 19.3 Å². The van der Waals surface area contributed by atoms with Gasteiger partial charge in [-0.25, -0.2) is 9.18 Å². The first kappa shape index (κ1) is 21.2. The molecule has 2 aromatic carbocycles. The molecule has 1 spiro atoms. The van der Waals surface area contributed by atoms with Crippen LogP contribution in [0.15, 0.2) is 41.2 Å². The van der Waals surface area contributed by atoms with Gasteiger partial charge in [-0.1, -0.05) is 6.07 Å². The summed E-state index contributed by atoms with van der Waals surface area (Å²) in [6.45, 7) is 1.35. The minimum atomic E-state index is -1.15.